The number of aryl methyl sites for hydroxylation is 2. The third-order valence-electron chi connectivity index (χ3n) is 8.40. The summed E-state index contributed by atoms with van der Waals surface area (Å²) in [6, 6.07) is 37.0. The summed E-state index contributed by atoms with van der Waals surface area (Å²) in [5.41, 5.74) is 10.6. The highest BCUT2D eigenvalue weighted by Gasteiger charge is 2.51. The number of furan rings is 1. The molecular weight excluding hydrogens is 478 g/mol. The number of hydrogen-bond donors (Lipinski definition) is 0. The molecule has 0 saturated carbocycles. The van der Waals surface area contributed by atoms with E-state index in [0.717, 1.165) is 27.6 Å². The number of hydrogen-bond acceptors (Lipinski definition) is 4. The SMILES string of the molecule is Cc1ccc2c(n1)oc1c(C3(N4C=CN(c5ccccc5C)C4)c4ccccc4-c4ccccc43)cccc12. The average Bonchev–Trinajstić information content (AvgIpc) is 3.66. The van der Waals surface area contributed by atoms with E-state index < -0.39 is 5.54 Å². The van der Waals surface area contributed by atoms with Gasteiger partial charge in [-0.1, -0.05) is 84.9 Å². The molecule has 39 heavy (non-hydrogen) atoms. The topological polar surface area (TPSA) is 32.5 Å². The lowest BCUT2D eigenvalue weighted by atomic mass is 9.78. The summed E-state index contributed by atoms with van der Waals surface area (Å²) < 4.78 is 6.65. The summed E-state index contributed by atoms with van der Waals surface area (Å²) in [5.74, 6) is 0. The lowest BCUT2D eigenvalue weighted by molar-refractivity contribution is 0.256. The second-order valence-electron chi connectivity index (χ2n) is 10.6. The molecule has 0 saturated heterocycles. The molecule has 6 aromatic rings. The molecule has 3 heterocycles. The van der Waals surface area contributed by atoms with Crippen molar-refractivity contribution in [3.8, 4) is 11.1 Å². The summed E-state index contributed by atoms with van der Waals surface area (Å²) >= 11 is 0. The number of pyridine rings is 1. The van der Waals surface area contributed by atoms with Gasteiger partial charge in [0.15, 0.2) is 0 Å². The molecular formula is C35H27N3O. The summed E-state index contributed by atoms with van der Waals surface area (Å²) in [6.45, 7) is 4.89. The van der Waals surface area contributed by atoms with E-state index >= 15 is 0 Å². The number of nitrogens with zero attached hydrogens (tertiary/aromatic N) is 3. The van der Waals surface area contributed by atoms with Gasteiger partial charge in [-0.2, -0.15) is 0 Å². The van der Waals surface area contributed by atoms with Crippen LogP contribution in [0, 0.1) is 13.8 Å². The highest BCUT2D eigenvalue weighted by molar-refractivity contribution is 6.05. The van der Waals surface area contributed by atoms with Gasteiger partial charge in [-0.3, -0.25) is 0 Å². The molecule has 0 N–H and O–H groups in total. The van der Waals surface area contributed by atoms with Gasteiger partial charge in [-0.25, -0.2) is 4.98 Å². The maximum absolute atomic E-state index is 6.65. The van der Waals surface area contributed by atoms with Gasteiger partial charge in [0.25, 0.3) is 0 Å². The van der Waals surface area contributed by atoms with Crippen molar-refractivity contribution in [3.63, 3.8) is 0 Å². The van der Waals surface area contributed by atoms with Gasteiger partial charge in [0.1, 0.15) is 11.1 Å². The third-order valence-corrected chi connectivity index (χ3v) is 8.40. The Hall–Kier alpha value is -4.83. The fraction of sp³-hybridized carbons (Fsp3) is 0.114. The maximum atomic E-state index is 6.65. The second kappa shape index (κ2) is 8.08. The first kappa shape index (κ1) is 22.2. The van der Waals surface area contributed by atoms with E-state index in [9.17, 15) is 0 Å². The highest BCUT2D eigenvalue weighted by atomic mass is 16.3. The van der Waals surface area contributed by atoms with Crippen molar-refractivity contribution in [1.29, 1.82) is 0 Å². The van der Waals surface area contributed by atoms with Crippen LogP contribution in [0.2, 0.25) is 0 Å². The molecule has 8 rings (SSSR count). The second-order valence-corrected chi connectivity index (χ2v) is 10.6. The van der Waals surface area contributed by atoms with Crippen molar-refractivity contribution in [2.24, 2.45) is 0 Å². The molecule has 4 aromatic carbocycles. The molecule has 2 aromatic heterocycles. The molecule has 188 valence electrons. The molecule has 0 atom stereocenters. The van der Waals surface area contributed by atoms with E-state index in [1.807, 2.05) is 6.92 Å². The van der Waals surface area contributed by atoms with Gasteiger partial charge in [-0.05, 0) is 59.9 Å². The fourth-order valence-corrected chi connectivity index (χ4v) is 6.70. The predicted octanol–water partition coefficient (Wildman–Crippen LogP) is 8.12. The highest BCUT2D eigenvalue weighted by Crippen LogP contribution is 2.56. The Bertz CT molecular complexity index is 1900. The van der Waals surface area contributed by atoms with Crippen LogP contribution in [-0.2, 0) is 5.54 Å². The Morgan fingerprint density at radius 3 is 2.13 bits per heavy atom. The number of para-hydroxylation sites is 2. The van der Waals surface area contributed by atoms with Crippen LogP contribution in [0.5, 0.6) is 0 Å². The minimum Gasteiger partial charge on any atom is -0.437 e. The molecule has 1 aliphatic carbocycles. The quantitative estimate of drug-likeness (QED) is 0.243. The van der Waals surface area contributed by atoms with Crippen molar-refractivity contribution < 1.29 is 4.42 Å². The standard InChI is InChI=1S/C35H27N3O/c1-23-10-3-8-17-32(23)37-20-21-38(22-37)35(29-14-6-4-11-25(29)26-12-5-7-15-30(26)35)31-16-9-13-27-28-19-18-24(2)36-34(28)39-33(27)31/h3-21H,22H2,1-2H3. The molecule has 0 bridgehead atoms. The van der Waals surface area contributed by atoms with Crippen molar-refractivity contribution in [2.45, 2.75) is 19.4 Å². The first-order valence-corrected chi connectivity index (χ1v) is 13.4. The van der Waals surface area contributed by atoms with Crippen LogP contribution in [0.25, 0.3) is 33.2 Å². The molecule has 4 heteroatoms. The Labute approximate surface area is 227 Å². The van der Waals surface area contributed by atoms with Gasteiger partial charge in [0.2, 0.25) is 5.71 Å². The van der Waals surface area contributed by atoms with Crippen molar-refractivity contribution in [1.82, 2.24) is 9.88 Å². The van der Waals surface area contributed by atoms with E-state index in [-0.39, 0.29) is 0 Å². The minimum atomic E-state index is -0.580. The minimum absolute atomic E-state index is 0.580. The van der Waals surface area contributed by atoms with Crippen molar-refractivity contribution in [2.75, 3.05) is 11.6 Å². The Morgan fingerprint density at radius 2 is 1.36 bits per heavy atom. The zero-order valence-corrected chi connectivity index (χ0v) is 21.9. The summed E-state index contributed by atoms with van der Waals surface area (Å²) in [4.78, 5) is 9.56. The van der Waals surface area contributed by atoms with Crippen LogP contribution in [0.4, 0.5) is 5.69 Å². The smallest absolute Gasteiger partial charge is 0.227 e. The van der Waals surface area contributed by atoms with Crippen LogP contribution in [0.1, 0.15) is 27.9 Å². The zero-order chi connectivity index (χ0) is 26.1. The van der Waals surface area contributed by atoms with E-state index in [2.05, 4.69) is 132 Å². The van der Waals surface area contributed by atoms with Crippen molar-refractivity contribution >= 4 is 27.8 Å². The average molecular weight is 506 g/mol. The number of fused-ring (bicyclic) bond motifs is 6. The first-order chi connectivity index (χ1) is 19.2. The molecule has 4 nitrogen and oxygen atoms in total. The van der Waals surface area contributed by atoms with Gasteiger partial charge in [0, 0.05) is 40.1 Å². The zero-order valence-electron chi connectivity index (χ0n) is 21.9. The largest absolute Gasteiger partial charge is 0.437 e. The van der Waals surface area contributed by atoms with Crippen LogP contribution < -0.4 is 4.90 Å². The Balaban J connectivity index is 1.44. The molecule has 2 aliphatic rings. The van der Waals surface area contributed by atoms with Gasteiger partial charge < -0.3 is 14.2 Å². The van der Waals surface area contributed by atoms with Crippen LogP contribution in [0.15, 0.2) is 120 Å². The van der Waals surface area contributed by atoms with Crippen LogP contribution in [0.3, 0.4) is 0 Å². The van der Waals surface area contributed by atoms with Crippen molar-refractivity contribution in [3.05, 3.63) is 143 Å². The summed E-state index contributed by atoms with van der Waals surface area (Å²) in [5, 5.41) is 2.14. The predicted molar refractivity (Wildman–Crippen MR) is 158 cm³/mol. The molecule has 1 aliphatic heterocycles. The Morgan fingerprint density at radius 1 is 0.667 bits per heavy atom. The summed E-state index contributed by atoms with van der Waals surface area (Å²) in [6.07, 6.45) is 4.45. The number of rotatable bonds is 3. The fourth-order valence-electron chi connectivity index (χ4n) is 6.70. The van der Waals surface area contributed by atoms with E-state index in [4.69, 9.17) is 9.40 Å². The van der Waals surface area contributed by atoms with E-state index in [1.54, 1.807) is 0 Å². The van der Waals surface area contributed by atoms with Gasteiger partial charge in [0.05, 0.1) is 6.67 Å². The van der Waals surface area contributed by atoms with Gasteiger partial charge >= 0.3 is 0 Å². The summed E-state index contributed by atoms with van der Waals surface area (Å²) in [7, 11) is 0. The third kappa shape index (κ3) is 2.97. The number of benzene rings is 4. The lowest BCUT2D eigenvalue weighted by Gasteiger charge is -2.42. The molecule has 0 amide bonds. The molecule has 0 fully saturated rings. The molecule has 0 unspecified atom stereocenters. The molecule has 0 radical (unpaired) electrons. The number of anilines is 1. The Kier molecular flexibility index (Phi) is 4.60. The maximum Gasteiger partial charge on any atom is 0.227 e. The van der Waals surface area contributed by atoms with Crippen LogP contribution in [-0.4, -0.2) is 16.6 Å². The van der Waals surface area contributed by atoms with E-state index in [1.165, 1.54) is 33.5 Å². The first-order valence-electron chi connectivity index (χ1n) is 13.4. The van der Waals surface area contributed by atoms with Gasteiger partial charge in [-0.15, -0.1) is 0 Å². The van der Waals surface area contributed by atoms with E-state index in [0.29, 0.717) is 12.4 Å². The lowest BCUT2D eigenvalue weighted by Crippen LogP contribution is -2.45. The monoisotopic (exact) mass is 505 g/mol. The number of aromatic nitrogens is 1. The normalized spacial score (nSPS) is 15.3. The molecule has 0 spiro atoms. The van der Waals surface area contributed by atoms with Crippen LogP contribution >= 0.6 is 0 Å².